The molecule has 2 fully saturated rings. The summed E-state index contributed by atoms with van der Waals surface area (Å²) in [4.78, 5) is 14.7. The molecule has 2 N–H and O–H groups in total. The van der Waals surface area contributed by atoms with Crippen molar-refractivity contribution in [2.24, 2.45) is 11.8 Å². The number of amides is 1. The van der Waals surface area contributed by atoms with E-state index < -0.39 is 0 Å². The van der Waals surface area contributed by atoms with E-state index in [9.17, 15) is 4.79 Å². The smallest absolute Gasteiger partial charge is 0.223 e. The molecule has 4 nitrogen and oxygen atoms in total. The lowest BCUT2D eigenvalue weighted by atomic mass is 9.83. The molecular formula is C17H33N3O. The Labute approximate surface area is 130 Å². The highest BCUT2D eigenvalue weighted by atomic mass is 16.1. The zero-order valence-corrected chi connectivity index (χ0v) is 14.0. The number of likely N-dealkylation sites (N-methyl/N-ethyl adjacent to an activating group) is 1. The Hall–Kier alpha value is -0.610. The highest BCUT2D eigenvalue weighted by molar-refractivity contribution is 5.78. The van der Waals surface area contributed by atoms with Crippen LogP contribution in [0.1, 0.15) is 51.9 Å². The number of rotatable bonds is 5. The molecule has 122 valence electrons. The van der Waals surface area contributed by atoms with Crippen LogP contribution in [0.25, 0.3) is 0 Å². The standard InChI is InChI=1S/C17H33N3O/c1-13-11-15(9-10-18-13)17(21)19-12-16(20(2)3)14-7-5-4-6-8-14/h13-16,18H,4-12H2,1-3H3,(H,19,21)/t13-,15-,16?/m0/s1. The largest absolute Gasteiger partial charge is 0.354 e. The Morgan fingerprint density at radius 2 is 1.95 bits per heavy atom. The molecule has 0 aromatic heterocycles. The van der Waals surface area contributed by atoms with Gasteiger partial charge in [0.2, 0.25) is 5.91 Å². The number of hydrogen-bond acceptors (Lipinski definition) is 3. The first-order chi connectivity index (χ1) is 10.1. The van der Waals surface area contributed by atoms with Gasteiger partial charge in [0.05, 0.1) is 0 Å². The van der Waals surface area contributed by atoms with Crippen LogP contribution in [0.3, 0.4) is 0 Å². The summed E-state index contributed by atoms with van der Waals surface area (Å²) in [7, 11) is 4.30. The average molecular weight is 295 g/mol. The van der Waals surface area contributed by atoms with Crippen LogP contribution in [0.4, 0.5) is 0 Å². The van der Waals surface area contributed by atoms with E-state index in [0.29, 0.717) is 12.1 Å². The second-order valence-electron chi connectivity index (χ2n) is 7.25. The van der Waals surface area contributed by atoms with E-state index >= 15 is 0 Å². The second-order valence-corrected chi connectivity index (χ2v) is 7.25. The highest BCUT2D eigenvalue weighted by Gasteiger charge is 2.28. The monoisotopic (exact) mass is 295 g/mol. The van der Waals surface area contributed by atoms with Gasteiger partial charge in [-0.05, 0) is 59.2 Å². The van der Waals surface area contributed by atoms with Crippen molar-refractivity contribution in [2.75, 3.05) is 27.2 Å². The van der Waals surface area contributed by atoms with Gasteiger partial charge in [0.1, 0.15) is 0 Å². The second kappa shape index (κ2) is 8.14. The molecule has 3 atom stereocenters. The molecule has 1 aliphatic heterocycles. The molecule has 2 rings (SSSR count). The third kappa shape index (κ3) is 4.96. The molecule has 1 saturated carbocycles. The summed E-state index contributed by atoms with van der Waals surface area (Å²) in [5.74, 6) is 1.22. The van der Waals surface area contributed by atoms with Crippen LogP contribution >= 0.6 is 0 Å². The van der Waals surface area contributed by atoms with Gasteiger partial charge in [-0.3, -0.25) is 4.79 Å². The van der Waals surface area contributed by atoms with Gasteiger partial charge in [0.15, 0.2) is 0 Å². The van der Waals surface area contributed by atoms with E-state index in [1.54, 1.807) is 0 Å². The third-order valence-electron chi connectivity index (χ3n) is 5.34. The summed E-state index contributed by atoms with van der Waals surface area (Å²) < 4.78 is 0. The van der Waals surface area contributed by atoms with Crippen LogP contribution < -0.4 is 10.6 Å². The van der Waals surface area contributed by atoms with E-state index in [0.717, 1.165) is 31.8 Å². The van der Waals surface area contributed by atoms with Crippen molar-refractivity contribution in [3.8, 4) is 0 Å². The SMILES string of the molecule is C[C@H]1C[C@@H](C(=O)NCC(C2CCCCC2)N(C)C)CCN1. The molecule has 1 saturated heterocycles. The van der Waals surface area contributed by atoms with E-state index in [1.807, 2.05) is 0 Å². The first-order valence-electron chi connectivity index (χ1n) is 8.75. The fraction of sp³-hybridized carbons (Fsp3) is 0.941. The molecule has 0 spiro atoms. The lowest BCUT2D eigenvalue weighted by Crippen LogP contribution is -2.48. The van der Waals surface area contributed by atoms with Crippen molar-refractivity contribution in [1.29, 1.82) is 0 Å². The molecule has 2 aliphatic rings. The molecule has 1 amide bonds. The number of nitrogens with one attached hydrogen (secondary N) is 2. The summed E-state index contributed by atoms with van der Waals surface area (Å²) in [5, 5.41) is 6.66. The third-order valence-corrected chi connectivity index (χ3v) is 5.34. The van der Waals surface area contributed by atoms with Crippen LogP contribution in [0.2, 0.25) is 0 Å². The first-order valence-corrected chi connectivity index (χ1v) is 8.75. The van der Waals surface area contributed by atoms with Crippen LogP contribution in [0.15, 0.2) is 0 Å². The molecule has 1 aliphatic carbocycles. The summed E-state index contributed by atoms with van der Waals surface area (Å²) in [6, 6.07) is 0.964. The fourth-order valence-electron chi connectivity index (χ4n) is 4.01. The number of piperidine rings is 1. The number of carbonyl (C=O) groups excluding carboxylic acids is 1. The Morgan fingerprint density at radius 3 is 2.57 bits per heavy atom. The van der Waals surface area contributed by atoms with Gasteiger partial charge in [-0.15, -0.1) is 0 Å². The van der Waals surface area contributed by atoms with Crippen molar-refractivity contribution in [3.05, 3.63) is 0 Å². The summed E-state index contributed by atoms with van der Waals surface area (Å²) in [5.41, 5.74) is 0. The molecular weight excluding hydrogens is 262 g/mol. The van der Waals surface area contributed by atoms with Crippen molar-refractivity contribution < 1.29 is 4.79 Å². The van der Waals surface area contributed by atoms with Gasteiger partial charge < -0.3 is 15.5 Å². The highest BCUT2D eigenvalue weighted by Crippen LogP contribution is 2.28. The summed E-state index contributed by atoms with van der Waals surface area (Å²) in [6.45, 7) is 3.96. The van der Waals surface area contributed by atoms with Crippen LogP contribution in [0.5, 0.6) is 0 Å². The van der Waals surface area contributed by atoms with E-state index in [4.69, 9.17) is 0 Å². The lowest BCUT2D eigenvalue weighted by Gasteiger charge is -2.35. The number of carbonyl (C=O) groups is 1. The zero-order chi connectivity index (χ0) is 15.2. The van der Waals surface area contributed by atoms with Crippen LogP contribution in [-0.4, -0.2) is 50.1 Å². The molecule has 4 heteroatoms. The zero-order valence-electron chi connectivity index (χ0n) is 14.0. The minimum atomic E-state index is 0.204. The number of nitrogens with zero attached hydrogens (tertiary/aromatic N) is 1. The Morgan fingerprint density at radius 1 is 1.24 bits per heavy atom. The maximum Gasteiger partial charge on any atom is 0.223 e. The molecule has 0 bridgehead atoms. The van der Waals surface area contributed by atoms with E-state index in [-0.39, 0.29) is 11.8 Å². The van der Waals surface area contributed by atoms with E-state index in [1.165, 1.54) is 32.1 Å². The van der Waals surface area contributed by atoms with Crippen molar-refractivity contribution in [1.82, 2.24) is 15.5 Å². The van der Waals surface area contributed by atoms with Gasteiger partial charge >= 0.3 is 0 Å². The lowest BCUT2D eigenvalue weighted by molar-refractivity contribution is -0.126. The number of hydrogen-bond donors (Lipinski definition) is 2. The molecule has 21 heavy (non-hydrogen) atoms. The van der Waals surface area contributed by atoms with Gasteiger partial charge in [0.25, 0.3) is 0 Å². The Kier molecular flexibility index (Phi) is 6.49. The van der Waals surface area contributed by atoms with Crippen LogP contribution in [-0.2, 0) is 4.79 Å². The van der Waals surface area contributed by atoms with Gasteiger partial charge in [-0.25, -0.2) is 0 Å². The molecule has 0 aromatic carbocycles. The molecule has 1 heterocycles. The maximum atomic E-state index is 12.4. The molecule has 0 aromatic rings. The minimum absolute atomic E-state index is 0.204. The fourth-order valence-corrected chi connectivity index (χ4v) is 4.01. The van der Waals surface area contributed by atoms with Gasteiger partial charge in [-0.1, -0.05) is 19.3 Å². The Bertz CT molecular complexity index is 326. The predicted octanol–water partition coefficient (Wildman–Crippen LogP) is 2.00. The quantitative estimate of drug-likeness (QED) is 0.815. The van der Waals surface area contributed by atoms with Crippen molar-refractivity contribution >= 4 is 5.91 Å². The normalized spacial score (nSPS) is 29.3. The van der Waals surface area contributed by atoms with Crippen molar-refractivity contribution in [3.63, 3.8) is 0 Å². The van der Waals surface area contributed by atoms with Crippen molar-refractivity contribution in [2.45, 2.75) is 64.0 Å². The molecule has 0 radical (unpaired) electrons. The summed E-state index contributed by atoms with van der Waals surface area (Å²) >= 11 is 0. The first kappa shape index (κ1) is 16.8. The Balaban J connectivity index is 1.81. The average Bonchev–Trinajstić information content (AvgIpc) is 2.48. The topological polar surface area (TPSA) is 44.4 Å². The molecule has 1 unspecified atom stereocenters. The maximum absolute atomic E-state index is 12.4. The minimum Gasteiger partial charge on any atom is -0.354 e. The van der Waals surface area contributed by atoms with Crippen LogP contribution in [0, 0.1) is 11.8 Å². The predicted molar refractivity (Wildman–Crippen MR) is 87.2 cm³/mol. The van der Waals surface area contributed by atoms with Gasteiger partial charge in [-0.2, -0.15) is 0 Å². The van der Waals surface area contributed by atoms with E-state index in [2.05, 4.69) is 36.6 Å². The summed E-state index contributed by atoms with van der Waals surface area (Å²) in [6.07, 6.45) is 8.69. The van der Waals surface area contributed by atoms with Gasteiger partial charge in [0, 0.05) is 24.5 Å².